The summed E-state index contributed by atoms with van der Waals surface area (Å²) in [6.07, 6.45) is 1.17. The predicted molar refractivity (Wildman–Crippen MR) is 95.7 cm³/mol. The van der Waals surface area contributed by atoms with Gasteiger partial charge in [-0.15, -0.1) is 11.8 Å². The summed E-state index contributed by atoms with van der Waals surface area (Å²) >= 11 is 1.65. The molecule has 0 bridgehead atoms. The molecule has 0 atom stereocenters. The normalized spacial score (nSPS) is 13.0. The van der Waals surface area contributed by atoms with Crippen LogP contribution in [0.4, 0.5) is 11.4 Å². The van der Waals surface area contributed by atoms with Crippen molar-refractivity contribution in [3.05, 3.63) is 63.7 Å². The van der Waals surface area contributed by atoms with E-state index in [1.54, 1.807) is 22.7 Å². The second-order valence-electron chi connectivity index (χ2n) is 5.78. The van der Waals surface area contributed by atoms with Crippen LogP contribution in [0.1, 0.15) is 17.5 Å². The number of benzene rings is 2. The third kappa shape index (κ3) is 3.59. The quantitative estimate of drug-likeness (QED) is 0.468. The van der Waals surface area contributed by atoms with Crippen molar-refractivity contribution in [1.82, 2.24) is 0 Å². The molecular formula is C18H18N2O3S. The lowest BCUT2D eigenvalue weighted by molar-refractivity contribution is -0.384. The fourth-order valence-corrected chi connectivity index (χ4v) is 3.61. The van der Waals surface area contributed by atoms with Crippen LogP contribution in [0.25, 0.3) is 0 Å². The molecule has 124 valence electrons. The van der Waals surface area contributed by atoms with Crippen LogP contribution in [-0.2, 0) is 11.2 Å². The van der Waals surface area contributed by atoms with Gasteiger partial charge in [0.1, 0.15) is 0 Å². The van der Waals surface area contributed by atoms with Gasteiger partial charge in [0.2, 0.25) is 5.91 Å². The fourth-order valence-electron chi connectivity index (χ4n) is 2.77. The summed E-state index contributed by atoms with van der Waals surface area (Å²) in [6, 6.07) is 13.0. The number of rotatable bonds is 5. The van der Waals surface area contributed by atoms with E-state index in [-0.39, 0.29) is 11.6 Å². The number of thioether (sulfide) groups is 1. The molecule has 6 heteroatoms. The molecule has 0 saturated heterocycles. The van der Waals surface area contributed by atoms with Crippen LogP contribution in [0.2, 0.25) is 0 Å². The van der Waals surface area contributed by atoms with E-state index in [1.165, 1.54) is 17.7 Å². The summed E-state index contributed by atoms with van der Waals surface area (Å²) in [5.41, 5.74) is 2.93. The van der Waals surface area contributed by atoms with Crippen molar-refractivity contribution < 1.29 is 9.72 Å². The Bertz CT molecular complexity index is 774. The second kappa shape index (κ2) is 7.05. The Labute approximate surface area is 144 Å². The number of hydrogen-bond donors (Lipinski definition) is 0. The van der Waals surface area contributed by atoms with Crippen LogP contribution >= 0.6 is 11.8 Å². The smallest absolute Gasteiger partial charge is 0.271 e. The van der Waals surface area contributed by atoms with Gasteiger partial charge in [0.25, 0.3) is 5.69 Å². The van der Waals surface area contributed by atoms with Gasteiger partial charge < -0.3 is 4.90 Å². The topological polar surface area (TPSA) is 63.5 Å². The van der Waals surface area contributed by atoms with Crippen molar-refractivity contribution in [2.24, 2.45) is 0 Å². The minimum atomic E-state index is -0.422. The van der Waals surface area contributed by atoms with Gasteiger partial charge in [-0.1, -0.05) is 23.8 Å². The van der Waals surface area contributed by atoms with Gasteiger partial charge >= 0.3 is 0 Å². The maximum absolute atomic E-state index is 12.5. The van der Waals surface area contributed by atoms with E-state index >= 15 is 0 Å². The number of nitro groups is 1. The number of carbonyl (C=O) groups is 1. The van der Waals surface area contributed by atoms with Gasteiger partial charge in [-0.25, -0.2) is 0 Å². The number of anilines is 1. The van der Waals surface area contributed by atoms with Crippen molar-refractivity contribution in [3.8, 4) is 0 Å². The number of amides is 1. The molecule has 5 nitrogen and oxygen atoms in total. The highest BCUT2D eigenvalue weighted by Crippen LogP contribution is 2.32. The van der Waals surface area contributed by atoms with E-state index in [0.29, 0.717) is 24.4 Å². The molecule has 2 aromatic rings. The number of carbonyl (C=O) groups excluding carboxylic acids is 1. The first kappa shape index (κ1) is 16.5. The molecule has 0 N–H and O–H groups in total. The Morgan fingerprint density at radius 2 is 2.00 bits per heavy atom. The van der Waals surface area contributed by atoms with Crippen LogP contribution in [0.5, 0.6) is 0 Å². The van der Waals surface area contributed by atoms with Crippen molar-refractivity contribution >= 4 is 29.0 Å². The van der Waals surface area contributed by atoms with Crippen LogP contribution in [0.3, 0.4) is 0 Å². The zero-order chi connectivity index (χ0) is 17.1. The van der Waals surface area contributed by atoms with Crippen molar-refractivity contribution in [2.45, 2.75) is 24.7 Å². The molecule has 3 rings (SSSR count). The lowest BCUT2D eigenvalue weighted by Crippen LogP contribution is -2.29. The summed E-state index contributed by atoms with van der Waals surface area (Å²) in [6.45, 7) is 2.65. The lowest BCUT2D eigenvalue weighted by atomic mass is 10.1. The van der Waals surface area contributed by atoms with Crippen LogP contribution in [0, 0.1) is 17.0 Å². The zero-order valence-electron chi connectivity index (χ0n) is 13.4. The second-order valence-corrected chi connectivity index (χ2v) is 6.95. The van der Waals surface area contributed by atoms with Gasteiger partial charge in [-0.3, -0.25) is 14.9 Å². The average Bonchev–Trinajstić information content (AvgIpc) is 2.99. The number of non-ortho nitro benzene ring substituents is 1. The summed E-state index contributed by atoms with van der Waals surface area (Å²) in [5.74, 6) is 0.719. The minimum Gasteiger partial charge on any atom is -0.312 e. The number of nitrogens with zero attached hydrogens (tertiary/aromatic N) is 2. The van der Waals surface area contributed by atoms with Gasteiger partial charge in [-0.05, 0) is 31.0 Å². The maximum Gasteiger partial charge on any atom is 0.271 e. The Balaban J connectivity index is 1.62. The largest absolute Gasteiger partial charge is 0.312 e. The molecule has 0 aliphatic carbocycles. The average molecular weight is 342 g/mol. The van der Waals surface area contributed by atoms with Crippen molar-refractivity contribution in [3.63, 3.8) is 0 Å². The molecule has 1 heterocycles. The maximum atomic E-state index is 12.5. The Hall–Kier alpha value is -2.34. The van der Waals surface area contributed by atoms with Gasteiger partial charge in [0.15, 0.2) is 0 Å². The first-order chi connectivity index (χ1) is 11.5. The monoisotopic (exact) mass is 342 g/mol. The number of fused-ring (bicyclic) bond motifs is 1. The van der Waals surface area contributed by atoms with E-state index in [2.05, 4.69) is 24.3 Å². The summed E-state index contributed by atoms with van der Waals surface area (Å²) in [5, 5.41) is 10.9. The molecule has 0 unspecified atom stereocenters. The third-order valence-corrected chi connectivity index (χ3v) is 5.10. The standard InChI is InChI=1S/C18H18N2O3S/c1-13-2-6-16(7-3-13)24-11-9-18(21)19-10-8-14-4-5-15(20(22)23)12-17(14)19/h2-7,12H,8-11H2,1H3. The molecule has 2 aromatic carbocycles. The fraction of sp³-hybridized carbons (Fsp3) is 0.278. The van der Waals surface area contributed by atoms with E-state index in [9.17, 15) is 14.9 Å². The number of aryl methyl sites for hydroxylation is 1. The van der Waals surface area contributed by atoms with Crippen molar-refractivity contribution in [1.29, 1.82) is 0 Å². The molecule has 24 heavy (non-hydrogen) atoms. The highest BCUT2D eigenvalue weighted by atomic mass is 32.2. The van der Waals surface area contributed by atoms with Crippen LogP contribution in [0.15, 0.2) is 47.4 Å². The van der Waals surface area contributed by atoms with E-state index in [1.807, 2.05) is 6.92 Å². The highest BCUT2D eigenvalue weighted by Gasteiger charge is 2.26. The molecule has 1 aliphatic heterocycles. The number of nitro benzene ring substituents is 1. The first-order valence-corrected chi connectivity index (χ1v) is 8.80. The molecule has 1 amide bonds. The summed E-state index contributed by atoms with van der Waals surface area (Å²) in [7, 11) is 0. The molecule has 0 spiro atoms. The Kier molecular flexibility index (Phi) is 4.85. The van der Waals surface area contributed by atoms with E-state index in [0.717, 1.165) is 16.9 Å². The Morgan fingerprint density at radius 1 is 1.25 bits per heavy atom. The summed E-state index contributed by atoms with van der Waals surface area (Å²) in [4.78, 5) is 25.8. The van der Waals surface area contributed by atoms with Crippen molar-refractivity contribution in [2.75, 3.05) is 17.2 Å². The predicted octanol–water partition coefficient (Wildman–Crippen LogP) is 3.97. The van der Waals surface area contributed by atoms with Gasteiger partial charge in [0, 0.05) is 35.7 Å². The van der Waals surface area contributed by atoms with Gasteiger partial charge in [0.05, 0.1) is 10.6 Å². The molecular weight excluding hydrogens is 324 g/mol. The van der Waals surface area contributed by atoms with Crippen LogP contribution in [-0.4, -0.2) is 23.1 Å². The summed E-state index contributed by atoms with van der Waals surface area (Å²) < 4.78 is 0. The van der Waals surface area contributed by atoms with Crippen LogP contribution < -0.4 is 4.90 Å². The van der Waals surface area contributed by atoms with E-state index in [4.69, 9.17) is 0 Å². The molecule has 0 radical (unpaired) electrons. The van der Waals surface area contributed by atoms with Gasteiger partial charge in [-0.2, -0.15) is 0 Å². The number of hydrogen-bond acceptors (Lipinski definition) is 4. The third-order valence-electron chi connectivity index (χ3n) is 4.08. The Morgan fingerprint density at radius 3 is 2.71 bits per heavy atom. The lowest BCUT2D eigenvalue weighted by Gasteiger charge is -2.17. The highest BCUT2D eigenvalue weighted by molar-refractivity contribution is 7.99. The molecule has 0 fully saturated rings. The first-order valence-electron chi connectivity index (χ1n) is 7.82. The molecule has 0 aromatic heterocycles. The zero-order valence-corrected chi connectivity index (χ0v) is 14.2. The van der Waals surface area contributed by atoms with E-state index < -0.39 is 4.92 Å². The molecule has 1 aliphatic rings. The SMILES string of the molecule is Cc1ccc(SCCC(=O)N2CCc3ccc([N+](=O)[O-])cc32)cc1. The molecule has 0 saturated carbocycles. The minimum absolute atomic E-state index is 0.0221.